The van der Waals surface area contributed by atoms with Gasteiger partial charge in [0.1, 0.15) is 12.6 Å². The first-order chi connectivity index (χ1) is 11.9. The number of hydrogen-bond donors (Lipinski definition) is 2. The van der Waals surface area contributed by atoms with E-state index in [-0.39, 0.29) is 13.2 Å². The molecule has 1 atom stereocenters. The van der Waals surface area contributed by atoms with Crippen LogP contribution >= 0.6 is 0 Å². The summed E-state index contributed by atoms with van der Waals surface area (Å²) < 4.78 is 14.2. The zero-order valence-corrected chi connectivity index (χ0v) is 13.6. The van der Waals surface area contributed by atoms with Crippen molar-refractivity contribution in [3.63, 3.8) is 0 Å². The van der Waals surface area contributed by atoms with E-state index in [9.17, 15) is 19.2 Å². The van der Waals surface area contributed by atoms with Gasteiger partial charge in [-0.2, -0.15) is 0 Å². The standard InChI is InChI=1S/C16H19NO8/c1-2-23-15(21)12(8-14(20)24-10-13(18)19)17-16(22)25-9-11-6-4-3-5-7-11/h3-7,12H,2,8-10H2,1H3,(H,17,22)(H,18,19). The normalized spacial score (nSPS) is 11.1. The van der Waals surface area contributed by atoms with Crippen molar-refractivity contribution in [1.29, 1.82) is 0 Å². The molecule has 0 aromatic heterocycles. The average molecular weight is 353 g/mol. The topological polar surface area (TPSA) is 128 Å². The number of hydrogen-bond acceptors (Lipinski definition) is 7. The van der Waals surface area contributed by atoms with Crippen LogP contribution in [-0.4, -0.2) is 48.4 Å². The van der Waals surface area contributed by atoms with Crippen molar-refractivity contribution in [2.45, 2.75) is 26.0 Å². The molecular weight excluding hydrogens is 334 g/mol. The number of esters is 2. The minimum Gasteiger partial charge on any atom is -0.479 e. The quantitative estimate of drug-likeness (QED) is 0.494. The van der Waals surface area contributed by atoms with E-state index in [0.717, 1.165) is 5.56 Å². The zero-order valence-electron chi connectivity index (χ0n) is 13.6. The largest absolute Gasteiger partial charge is 0.479 e. The summed E-state index contributed by atoms with van der Waals surface area (Å²) in [5, 5.41) is 10.7. The SMILES string of the molecule is CCOC(=O)C(CC(=O)OCC(=O)O)NC(=O)OCc1ccccc1. The Balaban J connectivity index is 2.56. The predicted octanol–water partition coefficient (Wildman–Crippen LogP) is 0.862. The fourth-order valence-electron chi connectivity index (χ4n) is 1.71. The lowest BCUT2D eigenvalue weighted by molar-refractivity contribution is -0.157. The average Bonchev–Trinajstić information content (AvgIpc) is 2.58. The third kappa shape index (κ3) is 8.35. The summed E-state index contributed by atoms with van der Waals surface area (Å²) in [5.74, 6) is -3.16. The summed E-state index contributed by atoms with van der Waals surface area (Å²) in [6.07, 6.45) is -1.50. The molecule has 0 aliphatic rings. The van der Waals surface area contributed by atoms with Crippen LogP contribution in [0.4, 0.5) is 4.79 Å². The second-order valence-corrected chi connectivity index (χ2v) is 4.77. The molecule has 0 radical (unpaired) electrons. The van der Waals surface area contributed by atoms with Crippen LogP contribution < -0.4 is 5.32 Å². The van der Waals surface area contributed by atoms with Gasteiger partial charge in [0.25, 0.3) is 0 Å². The van der Waals surface area contributed by atoms with Crippen LogP contribution in [0, 0.1) is 0 Å². The number of rotatable bonds is 9. The van der Waals surface area contributed by atoms with Gasteiger partial charge >= 0.3 is 24.0 Å². The van der Waals surface area contributed by atoms with Crippen molar-refractivity contribution >= 4 is 24.0 Å². The Hall–Kier alpha value is -3.10. The summed E-state index contributed by atoms with van der Waals surface area (Å²) in [7, 11) is 0. The van der Waals surface area contributed by atoms with Gasteiger partial charge in [0.05, 0.1) is 13.0 Å². The number of ether oxygens (including phenoxy) is 3. The van der Waals surface area contributed by atoms with Crippen molar-refractivity contribution in [1.82, 2.24) is 5.32 Å². The van der Waals surface area contributed by atoms with E-state index in [4.69, 9.17) is 14.6 Å². The second-order valence-electron chi connectivity index (χ2n) is 4.77. The van der Waals surface area contributed by atoms with Crippen LogP contribution in [0.15, 0.2) is 30.3 Å². The monoisotopic (exact) mass is 353 g/mol. The summed E-state index contributed by atoms with van der Waals surface area (Å²) in [4.78, 5) is 45.5. The number of carboxylic acids is 1. The van der Waals surface area contributed by atoms with Gasteiger partial charge < -0.3 is 24.6 Å². The van der Waals surface area contributed by atoms with Gasteiger partial charge in [-0.15, -0.1) is 0 Å². The maximum absolute atomic E-state index is 11.8. The van der Waals surface area contributed by atoms with Gasteiger partial charge in [0.15, 0.2) is 6.61 Å². The summed E-state index contributed by atoms with van der Waals surface area (Å²) in [5.41, 5.74) is 0.742. The van der Waals surface area contributed by atoms with Gasteiger partial charge in [-0.1, -0.05) is 30.3 Å². The Bertz CT molecular complexity index is 601. The van der Waals surface area contributed by atoms with Gasteiger partial charge in [0, 0.05) is 0 Å². The highest BCUT2D eigenvalue weighted by Gasteiger charge is 2.26. The molecule has 25 heavy (non-hydrogen) atoms. The smallest absolute Gasteiger partial charge is 0.408 e. The van der Waals surface area contributed by atoms with Crippen molar-refractivity contribution in [2.75, 3.05) is 13.2 Å². The van der Waals surface area contributed by atoms with Crippen molar-refractivity contribution in [2.24, 2.45) is 0 Å². The maximum Gasteiger partial charge on any atom is 0.408 e. The van der Waals surface area contributed by atoms with Gasteiger partial charge in [0.2, 0.25) is 0 Å². The Kier molecular flexibility index (Phi) is 8.48. The Morgan fingerprint density at radius 2 is 1.76 bits per heavy atom. The van der Waals surface area contributed by atoms with Gasteiger partial charge in [-0.3, -0.25) is 4.79 Å². The molecule has 1 rings (SSSR count). The van der Waals surface area contributed by atoms with Crippen molar-refractivity contribution in [3.8, 4) is 0 Å². The molecule has 0 aliphatic carbocycles. The fraction of sp³-hybridized carbons (Fsp3) is 0.375. The van der Waals surface area contributed by atoms with Crippen LogP contribution in [0.3, 0.4) is 0 Å². The summed E-state index contributed by atoms with van der Waals surface area (Å²) in [6, 6.07) is 7.51. The molecule has 0 saturated carbocycles. The molecule has 136 valence electrons. The number of carbonyl (C=O) groups excluding carboxylic acids is 3. The number of nitrogens with one attached hydrogen (secondary N) is 1. The molecule has 0 saturated heterocycles. The lowest BCUT2D eigenvalue weighted by atomic mass is 10.2. The van der Waals surface area contributed by atoms with Crippen molar-refractivity contribution in [3.05, 3.63) is 35.9 Å². The van der Waals surface area contributed by atoms with E-state index >= 15 is 0 Å². The van der Waals surface area contributed by atoms with E-state index < -0.39 is 43.1 Å². The minimum atomic E-state index is -1.34. The third-order valence-electron chi connectivity index (χ3n) is 2.80. The fourth-order valence-corrected chi connectivity index (χ4v) is 1.71. The molecule has 2 N–H and O–H groups in total. The van der Waals surface area contributed by atoms with Crippen molar-refractivity contribution < 1.29 is 38.5 Å². The summed E-state index contributed by atoms with van der Waals surface area (Å²) >= 11 is 0. The van der Waals surface area contributed by atoms with E-state index in [1.165, 1.54) is 0 Å². The van der Waals surface area contributed by atoms with E-state index in [2.05, 4.69) is 10.1 Å². The Morgan fingerprint density at radius 3 is 2.36 bits per heavy atom. The zero-order chi connectivity index (χ0) is 18.7. The maximum atomic E-state index is 11.8. The van der Waals surface area contributed by atoms with E-state index in [1.54, 1.807) is 31.2 Å². The highest BCUT2D eigenvalue weighted by atomic mass is 16.6. The van der Waals surface area contributed by atoms with E-state index in [1.807, 2.05) is 6.07 Å². The predicted molar refractivity (Wildman–Crippen MR) is 83.4 cm³/mol. The Labute approximate surface area is 143 Å². The first-order valence-corrected chi connectivity index (χ1v) is 7.43. The molecule has 1 aromatic rings. The lowest BCUT2D eigenvalue weighted by Crippen LogP contribution is -2.43. The van der Waals surface area contributed by atoms with Crippen LogP contribution in [0.5, 0.6) is 0 Å². The van der Waals surface area contributed by atoms with Gasteiger partial charge in [-0.25, -0.2) is 14.4 Å². The first-order valence-electron chi connectivity index (χ1n) is 7.43. The molecular formula is C16H19NO8. The van der Waals surface area contributed by atoms with E-state index in [0.29, 0.717) is 0 Å². The number of alkyl carbamates (subject to hydrolysis) is 1. The molecule has 0 spiro atoms. The molecule has 1 amide bonds. The number of benzene rings is 1. The number of carbonyl (C=O) groups is 4. The molecule has 1 aromatic carbocycles. The van der Waals surface area contributed by atoms with Crippen LogP contribution in [-0.2, 0) is 35.2 Å². The van der Waals surface area contributed by atoms with Gasteiger partial charge in [-0.05, 0) is 12.5 Å². The summed E-state index contributed by atoms with van der Waals surface area (Å²) in [6.45, 7) is 0.740. The van der Waals surface area contributed by atoms with Crippen LogP contribution in [0.1, 0.15) is 18.9 Å². The molecule has 0 bridgehead atoms. The van der Waals surface area contributed by atoms with Crippen LogP contribution in [0.2, 0.25) is 0 Å². The molecule has 1 unspecified atom stereocenters. The molecule has 9 nitrogen and oxygen atoms in total. The first kappa shape index (κ1) is 19.9. The molecule has 0 aliphatic heterocycles. The molecule has 9 heteroatoms. The number of carboxylic acid groups (broad SMARTS) is 1. The molecule has 0 heterocycles. The number of aliphatic carboxylic acids is 1. The molecule has 0 fully saturated rings. The highest BCUT2D eigenvalue weighted by molar-refractivity contribution is 5.86. The highest BCUT2D eigenvalue weighted by Crippen LogP contribution is 2.03. The Morgan fingerprint density at radius 1 is 1.08 bits per heavy atom. The lowest BCUT2D eigenvalue weighted by Gasteiger charge is -2.16. The number of amides is 1. The van der Waals surface area contributed by atoms with Crippen LogP contribution in [0.25, 0.3) is 0 Å². The second kappa shape index (κ2) is 10.6. The minimum absolute atomic E-state index is 0.0221. The third-order valence-corrected chi connectivity index (χ3v) is 2.80.